The molecule has 0 amide bonds. The van der Waals surface area contributed by atoms with E-state index in [0.29, 0.717) is 0 Å². The van der Waals surface area contributed by atoms with Crippen LogP contribution in [0.3, 0.4) is 0 Å². The fourth-order valence-electron chi connectivity index (χ4n) is 8.82. The third kappa shape index (κ3) is 5.43. The molecule has 0 fully saturated rings. The standard InChI is InChI=1S/C54H37N3/c1-5-18-38(19-6-1)44-26-13-15-29-49(44)55(42-32-34-51-47(36-42)46-27-14-16-30-50(46)56(51)40-22-9-3-10-23-40)43-33-35-52-48(37-43)54-45(39-20-7-2-8-21-39)28-17-31-53(54)57(52)41-24-11-4-12-25-41/h1-37H. The van der Waals surface area contributed by atoms with Crippen molar-refractivity contribution in [3.63, 3.8) is 0 Å². The molecule has 0 bridgehead atoms. The summed E-state index contributed by atoms with van der Waals surface area (Å²) in [6.07, 6.45) is 0. The van der Waals surface area contributed by atoms with Crippen molar-refractivity contribution >= 4 is 60.7 Å². The van der Waals surface area contributed by atoms with Gasteiger partial charge in [-0.15, -0.1) is 0 Å². The minimum atomic E-state index is 1.09. The number of rotatable bonds is 7. The van der Waals surface area contributed by atoms with E-state index in [0.717, 1.165) is 28.4 Å². The predicted molar refractivity (Wildman–Crippen MR) is 241 cm³/mol. The summed E-state index contributed by atoms with van der Waals surface area (Å²) in [5, 5.41) is 4.88. The van der Waals surface area contributed by atoms with E-state index in [1.54, 1.807) is 0 Å². The number of aromatic nitrogens is 2. The lowest BCUT2D eigenvalue weighted by Gasteiger charge is -2.28. The second kappa shape index (κ2) is 13.6. The SMILES string of the molecule is c1ccc(-c2ccccc2N(c2ccc3c(c2)c2ccccc2n3-c2ccccc2)c2ccc3c(c2)c2c(-c4ccccc4)cccc2n3-c2ccccc2)cc1. The van der Waals surface area contributed by atoms with Crippen LogP contribution in [-0.4, -0.2) is 9.13 Å². The van der Waals surface area contributed by atoms with E-state index in [9.17, 15) is 0 Å². The number of para-hydroxylation sites is 4. The van der Waals surface area contributed by atoms with Crippen LogP contribution in [-0.2, 0) is 0 Å². The molecule has 0 saturated heterocycles. The normalized spacial score (nSPS) is 11.5. The van der Waals surface area contributed by atoms with Crippen molar-refractivity contribution in [3.05, 3.63) is 224 Å². The van der Waals surface area contributed by atoms with Crippen LogP contribution in [0.25, 0.3) is 77.2 Å². The van der Waals surface area contributed by atoms with Gasteiger partial charge < -0.3 is 14.0 Å². The molecular formula is C54H37N3. The second-order valence-electron chi connectivity index (χ2n) is 14.5. The van der Waals surface area contributed by atoms with Gasteiger partial charge in [0.1, 0.15) is 0 Å². The van der Waals surface area contributed by atoms with Gasteiger partial charge >= 0.3 is 0 Å². The van der Waals surface area contributed by atoms with Gasteiger partial charge in [0.2, 0.25) is 0 Å². The van der Waals surface area contributed by atoms with E-state index < -0.39 is 0 Å². The molecule has 2 aromatic heterocycles. The second-order valence-corrected chi connectivity index (χ2v) is 14.5. The van der Waals surface area contributed by atoms with Crippen molar-refractivity contribution in [2.24, 2.45) is 0 Å². The van der Waals surface area contributed by atoms with E-state index in [1.807, 2.05) is 0 Å². The number of fused-ring (bicyclic) bond motifs is 6. The van der Waals surface area contributed by atoms with Crippen molar-refractivity contribution in [3.8, 4) is 33.6 Å². The zero-order valence-corrected chi connectivity index (χ0v) is 31.2. The van der Waals surface area contributed by atoms with Crippen LogP contribution < -0.4 is 4.90 Å². The van der Waals surface area contributed by atoms with Gasteiger partial charge in [-0.25, -0.2) is 0 Å². The van der Waals surface area contributed by atoms with Gasteiger partial charge in [-0.2, -0.15) is 0 Å². The van der Waals surface area contributed by atoms with Crippen molar-refractivity contribution in [1.82, 2.24) is 9.13 Å². The molecule has 0 aliphatic carbocycles. The zero-order valence-electron chi connectivity index (χ0n) is 31.2. The molecule has 2 heterocycles. The van der Waals surface area contributed by atoms with E-state index in [2.05, 4.69) is 238 Å². The fourth-order valence-corrected chi connectivity index (χ4v) is 8.82. The van der Waals surface area contributed by atoms with Gasteiger partial charge in [-0.3, -0.25) is 0 Å². The van der Waals surface area contributed by atoms with E-state index >= 15 is 0 Å². The third-order valence-corrected chi connectivity index (χ3v) is 11.3. The van der Waals surface area contributed by atoms with Crippen LogP contribution in [0.4, 0.5) is 17.1 Å². The van der Waals surface area contributed by atoms with Gasteiger partial charge in [-0.05, 0) is 95.6 Å². The lowest BCUT2D eigenvalue weighted by Crippen LogP contribution is -2.11. The number of hydrogen-bond donors (Lipinski definition) is 0. The highest BCUT2D eigenvalue weighted by atomic mass is 15.1. The summed E-state index contributed by atoms with van der Waals surface area (Å²) in [7, 11) is 0. The predicted octanol–water partition coefficient (Wildman–Crippen LogP) is 14.7. The minimum Gasteiger partial charge on any atom is -0.310 e. The van der Waals surface area contributed by atoms with Crippen LogP contribution in [0.1, 0.15) is 0 Å². The highest BCUT2D eigenvalue weighted by Crippen LogP contribution is 2.46. The van der Waals surface area contributed by atoms with Gasteiger partial charge in [0.25, 0.3) is 0 Å². The Balaban J connectivity index is 1.21. The molecule has 0 atom stereocenters. The smallest absolute Gasteiger partial charge is 0.0547 e. The molecule has 0 saturated carbocycles. The summed E-state index contributed by atoms with van der Waals surface area (Å²) in [4.78, 5) is 2.45. The maximum absolute atomic E-state index is 2.45. The summed E-state index contributed by atoms with van der Waals surface area (Å²) >= 11 is 0. The molecule has 9 aromatic carbocycles. The van der Waals surface area contributed by atoms with Crippen molar-refractivity contribution in [2.75, 3.05) is 4.90 Å². The van der Waals surface area contributed by atoms with Crippen LogP contribution >= 0.6 is 0 Å². The van der Waals surface area contributed by atoms with Crippen LogP contribution in [0.5, 0.6) is 0 Å². The molecule has 11 rings (SSSR count). The fraction of sp³-hybridized carbons (Fsp3) is 0. The van der Waals surface area contributed by atoms with Crippen molar-refractivity contribution in [1.29, 1.82) is 0 Å². The lowest BCUT2D eigenvalue weighted by atomic mass is 9.98. The largest absolute Gasteiger partial charge is 0.310 e. The molecule has 0 unspecified atom stereocenters. The summed E-state index contributed by atoms with van der Waals surface area (Å²) < 4.78 is 4.79. The Kier molecular flexibility index (Phi) is 7.82. The van der Waals surface area contributed by atoms with Gasteiger partial charge in [0.05, 0.1) is 27.8 Å². The molecule has 268 valence electrons. The Morgan fingerprint density at radius 1 is 0.298 bits per heavy atom. The summed E-state index contributed by atoms with van der Waals surface area (Å²) in [5.74, 6) is 0. The van der Waals surface area contributed by atoms with E-state index in [-0.39, 0.29) is 0 Å². The Labute approximate surface area is 331 Å². The number of nitrogens with zero attached hydrogens (tertiary/aromatic N) is 3. The third-order valence-electron chi connectivity index (χ3n) is 11.3. The van der Waals surface area contributed by atoms with E-state index in [4.69, 9.17) is 0 Å². The highest BCUT2D eigenvalue weighted by Gasteiger charge is 2.23. The molecule has 57 heavy (non-hydrogen) atoms. The molecule has 3 heteroatoms. The van der Waals surface area contributed by atoms with Crippen LogP contribution in [0.2, 0.25) is 0 Å². The molecule has 3 nitrogen and oxygen atoms in total. The molecule has 0 aliphatic rings. The summed E-state index contributed by atoms with van der Waals surface area (Å²) in [5.41, 5.74) is 15.1. The minimum absolute atomic E-state index is 1.09. The van der Waals surface area contributed by atoms with Gasteiger partial charge in [-0.1, -0.05) is 146 Å². The van der Waals surface area contributed by atoms with Crippen LogP contribution in [0, 0.1) is 0 Å². The Morgan fingerprint density at radius 2 is 0.754 bits per heavy atom. The molecule has 0 aliphatic heterocycles. The first-order valence-electron chi connectivity index (χ1n) is 19.5. The maximum Gasteiger partial charge on any atom is 0.0547 e. The number of hydrogen-bond acceptors (Lipinski definition) is 1. The summed E-state index contributed by atoms with van der Waals surface area (Å²) in [6.45, 7) is 0. The van der Waals surface area contributed by atoms with Crippen molar-refractivity contribution < 1.29 is 0 Å². The average molecular weight is 728 g/mol. The Morgan fingerprint density at radius 3 is 1.42 bits per heavy atom. The van der Waals surface area contributed by atoms with Crippen molar-refractivity contribution in [2.45, 2.75) is 0 Å². The molecule has 0 radical (unpaired) electrons. The first-order chi connectivity index (χ1) is 28.3. The first kappa shape index (κ1) is 32.8. The quantitative estimate of drug-likeness (QED) is 0.159. The number of benzene rings is 9. The number of anilines is 3. The monoisotopic (exact) mass is 727 g/mol. The average Bonchev–Trinajstić information content (AvgIpc) is 3.80. The Hall–Kier alpha value is -7.62. The maximum atomic E-state index is 2.45. The topological polar surface area (TPSA) is 13.1 Å². The highest BCUT2D eigenvalue weighted by molar-refractivity contribution is 6.17. The van der Waals surface area contributed by atoms with Gasteiger partial charge in [0, 0.05) is 49.9 Å². The van der Waals surface area contributed by atoms with E-state index in [1.165, 1.54) is 65.9 Å². The molecule has 0 N–H and O–H groups in total. The van der Waals surface area contributed by atoms with Gasteiger partial charge in [0.15, 0.2) is 0 Å². The lowest BCUT2D eigenvalue weighted by molar-refractivity contribution is 1.18. The zero-order chi connectivity index (χ0) is 37.7. The Bertz CT molecular complexity index is 3220. The summed E-state index contributed by atoms with van der Waals surface area (Å²) in [6, 6.07) is 81.1. The molecular weight excluding hydrogens is 691 g/mol. The molecule has 11 aromatic rings. The van der Waals surface area contributed by atoms with Crippen LogP contribution in [0.15, 0.2) is 224 Å². The molecule has 0 spiro atoms. The first-order valence-corrected chi connectivity index (χ1v) is 19.5.